The van der Waals surface area contributed by atoms with Gasteiger partial charge in [0.2, 0.25) is 0 Å². The molecule has 2 heterocycles. The van der Waals surface area contributed by atoms with Crippen molar-refractivity contribution in [2.75, 3.05) is 18.5 Å². The van der Waals surface area contributed by atoms with E-state index in [-0.39, 0.29) is 11.0 Å². The molecule has 1 aliphatic heterocycles. The molecule has 2 aromatic carbocycles. The van der Waals surface area contributed by atoms with Crippen LogP contribution in [0.3, 0.4) is 0 Å². The number of benzene rings is 2. The fourth-order valence-corrected chi connectivity index (χ4v) is 3.95. The molecule has 0 atom stereocenters. The topological polar surface area (TPSA) is 72.5 Å². The van der Waals surface area contributed by atoms with Gasteiger partial charge in [-0.1, -0.05) is 22.9 Å². The first-order valence-corrected chi connectivity index (χ1v) is 9.68. The summed E-state index contributed by atoms with van der Waals surface area (Å²) in [6.07, 6.45) is 0. The average Bonchev–Trinajstić information content (AvgIpc) is 3.02. The first-order chi connectivity index (χ1) is 13.0. The number of carbonyl (C=O) groups excluding carboxylic acids is 1. The van der Waals surface area contributed by atoms with Gasteiger partial charge < -0.3 is 14.8 Å². The Morgan fingerprint density at radius 1 is 1.22 bits per heavy atom. The molecule has 0 spiro atoms. The minimum atomic E-state index is -0.343. The van der Waals surface area contributed by atoms with Crippen LogP contribution in [-0.4, -0.2) is 29.2 Å². The lowest BCUT2D eigenvalue weighted by Crippen LogP contribution is -2.34. The first-order valence-electron chi connectivity index (χ1n) is 8.08. The van der Waals surface area contributed by atoms with E-state index in [0.29, 0.717) is 40.4 Å². The maximum Gasteiger partial charge on any atom is 0.257 e. The molecule has 4 rings (SSSR count). The number of halogens is 1. The Hall–Kier alpha value is -2.42. The van der Waals surface area contributed by atoms with Crippen LogP contribution in [0.4, 0.5) is 5.13 Å². The van der Waals surface area contributed by atoms with Crippen molar-refractivity contribution in [3.63, 3.8) is 0 Å². The molecule has 3 aromatic rings. The molecule has 0 unspecified atom stereocenters. The third-order valence-corrected chi connectivity index (χ3v) is 5.47. The maximum atomic E-state index is 12.4. The van der Waals surface area contributed by atoms with Crippen molar-refractivity contribution >= 4 is 61.5 Å². The molecular formula is C18H14ClN3O3S2. The second kappa shape index (κ2) is 7.30. The van der Waals surface area contributed by atoms with Gasteiger partial charge in [0.25, 0.3) is 5.91 Å². The standard InChI is InChI=1S/C18H14ClN3O3S2/c1-9-6-15-12(8-11(9)19)20-18(27-15)22-17(26)21-16(23)10-2-3-13-14(7-10)25-5-4-24-13/h2-3,6-8H,4-5H2,1H3,(H2,20,21,22,23,26). The Kier molecular flexibility index (Phi) is 4.86. The van der Waals surface area contributed by atoms with Crippen LogP contribution >= 0.6 is 35.2 Å². The van der Waals surface area contributed by atoms with E-state index in [1.54, 1.807) is 18.2 Å². The highest BCUT2D eigenvalue weighted by atomic mass is 35.5. The lowest BCUT2D eigenvalue weighted by Gasteiger charge is -2.18. The summed E-state index contributed by atoms with van der Waals surface area (Å²) in [5, 5.41) is 6.99. The van der Waals surface area contributed by atoms with E-state index < -0.39 is 0 Å². The van der Waals surface area contributed by atoms with Gasteiger partial charge in [-0.15, -0.1) is 0 Å². The van der Waals surface area contributed by atoms with Crippen LogP contribution in [0.25, 0.3) is 10.2 Å². The highest BCUT2D eigenvalue weighted by molar-refractivity contribution is 7.80. The smallest absolute Gasteiger partial charge is 0.257 e. The van der Waals surface area contributed by atoms with Gasteiger partial charge in [0, 0.05) is 10.6 Å². The number of aromatic nitrogens is 1. The van der Waals surface area contributed by atoms with Crippen molar-refractivity contribution in [3.05, 3.63) is 46.5 Å². The monoisotopic (exact) mass is 419 g/mol. The second-order valence-electron chi connectivity index (χ2n) is 5.85. The Balaban J connectivity index is 1.45. The number of rotatable bonds is 2. The summed E-state index contributed by atoms with van der Waals surface area (Å²) in [7, 11) is 0. The SMILES string of the molecule is Cc1cc2sc(NC(=S)NC(=O)c3ccc4c(c3)OCCO4)nc2cc1Cl. The minimum absolute atomic E-state index is 0.164. The van der Waals surface area contributed by atoms with Crippen LogP contribution in [0, 0.1) is 6.92 Å². The molecule has 0 radical (unpaired) electrons. The van der Waals surface area contributed by atoms with Gasteiger partial charge in [-0.05, 0) is 55.0 Å². The minimum Gasteiger partial charge on any atom is -0.486 e. The summed E-state index contributed by atoms with van der Waals surface area (Å²) in [6.45, 7) is 2.89. The Bertz CT molecular complexity index is 1030. The van der Waals surface area contributed by atoms with Gasteiger partial charge in [-0.25, -0.2) is 4.98 Å². The van der Waals surface area contributed by atoms with Crippen molar-refractivity contribution < 1.29 is 14.3 Å². The summed E-state index contributed by atoms with van der Waals surface area (Å²) in [4.78, 5) is 16.9. The number of nitrogens with zero attached hydrogens (tertiary/aromatic N) is 1. The van der Waals surface area contributed by atoms with E-state index in [9.17, 15) is 4.79 Å². The molecule has 0 saturated carbocycles. The number of nitrogens with one attached hydrogen (secondary N) is 2. The molecule has 1 aromatic heterocycles. The van der Waals surface area contributed by atoms with Gasteiger partial charge in [0.1, 0.15) is 13.2 Å². The molecule has 0 fully saturated rings. The van der Waals surface area contributed by atoms with Crippen LogP contribution in [0.5, 0.6) is 11.5 Å². The fraction of sp³-hybridized carbons (Fsp3) is 0.167. The number of thiazole rings is 1. The van der Waals surface area contributed by atoms with Crippen molar-refractivity contribution in [3.8, 4) is 11.5 Å². The summed E-state index contributed by atoms with van der Waals surface area (Å²) >= 11 is 12.8. The van der Waals surface area contributed by atoms with E-state index >= 15 is 0 Å². The Morgan fingerprint density at radius 2 is 2.00 bits per heavy atom. The van der Waals surface area contributed by atoms with Crippen molar-refractivity contribution in [2.45, 2.75) is 6.92 Å². The van der Waals surface area contributed by atoms with Crippen LogP contribution in [-0.2, 0) is 0 Å². The van der Waals surface area contributed by atoms with E-state index in [1.165, 1.54) is 11.3 Å². The number of ether oxygens (including phenoxy) is 2. The molecule has 0 aliphatic carbocycles. The average molecular weight is 420 g/mol. The Morgan fingerprint density at radius 3 is 2.81 bits per heavy atom. The van der Waals surface area contributed by atoms with Gasteiger partial charge >= 0.3 is 0 Å². The van der Waals surface area contributed by atoms with Crippen LogP contribution in [0.1, 0.15) is 15.9 Å². The highest BCUT2D eigenvalue weighted by Gasteiger charge is 2.16. The van der Waals surface area contributed by atoms with E-state index in [1.807, 2.05) is 19.1 Å². The maximum absolute atomic E-state index is 12.4. The number of hydrogen-bond acceptors (Lipinski definition) is 6. The lowest BCUT2D eigenvalue weighted by molar-refractivity contribution is 0.0976. The van der Waals surface area contributed by atoms with Crippen LogP contribution < -0.4 is 20.1 Å². The predicted octanol–water partition coefficient (Wildman–Crippen LogP) is 4.16. The zero-order chi connectivity index (χ0) is 19.0. The quantitative estimate of drug-likeness (QED) is 0.608. The number of amides is 1. The van der Waals surface area contributed by atoms with Crippen LogP contribution in [0.15, 0.2) is 30.3 Å². The van der Waals surface area contributed by atoms with Crippen LogP contribution in [0.2, 0.25) is 5.02 Å². The number of anilines is 1. The Labute approximate surface area is 169 Å². The van der Waals surface area contributed by atoms with E-state index in [0.717, 1.165) is 15.8 Å². The largest absolute Gasteiger partial charge is 0.486 e. The zero-order valence-corrected chi connectivity index (χ0v) is 16.6. The number of carbonyl (C=O) groups is 1. The molecule has 0 saturated heterocycles. The zero-order valence-electron chi connectivity index (χ0n) is 14.2. The molecular weight excluding hydrogens is 406 g/mol. The van der Waals surface area contributed by atoms with Gasteiger partial charge in [0.05, 0.1) is 10.2 Å². The molecule has 2 N–H and O–H groups in total. The summed E-state index contributed by atoms with van der Waals surface area (Å²) in [5.41, 5.74) is 2.18. The number of aryl methyl sites for hydroxylation is 1. The summed E-state index contributed by atoms with van der Waals surface area (Å²) < 4.78 is 11.9. The third-order valence-electron chi connectivity index (χ3n) is 3.92. The molecule has 138 valence electrons. The molecule has 27 heavy (non-hydrogen) atoms. The highest BCUT2D eigenvalue weighted by Crippen LogP contribution is 2.31. The molecule has 6 nitrogen and oxygen atoms in total. The summed E-state index contributed by atoms with van der Waals surface area (Å²) in [5.74, 6) is 0.831. The van der Waals surface area contributed by atoms with E-state index in [4.69, 9.17) is 33.3 Å². The van der Waals surface area contributed by atoms with Gasteiger partial charge in [-0.2, -0.15) is 0 Å². The second-order valence-corrected chi connectivity index (χ2v) is 7.70. The van der Waals surface area contributed by atoms with Crippen molar-refractivity contribution in [1.82, 2.24) is 10.3 Å². The normalized spacial score (nSPS) is 12.7. The van der Waals surface area contributed by atoms with E-state index in [2.05, 4.69) is 15.6 Å². The first kappa shape index (κ1) is 18.0. The lowest BCUT2D eigenvalue weighted by atomic mass is 10.2. The number of hydrogen-bond donors (Lipinski definition) is 2. The van der Waals surface area contributed by atoms with Crippen molar-refractivity contribution in [1.29, 1.82) is 0 Å². The summed E-state index contributed by atoms with van der Waals surface area (Å²) in [6, 6.07) is 8.78. The third kappa shape index (κ3) is 3.83. The number of fused-ring (bicyclic) bond motifs is 2. The molecule has 1 aliphatic rings. The predicted molar refractivity (Wildman–Crippen MR) is 110 cm³/mol. The van der Waals surface area contributed by atoms with Gasteiger partial charge in [-0.3, -0.25) is 10.1 Å². The molecule has 1 amide bonds. The molecule has 9 heteroatoms. The van der Waals surface area contributed by atoms with Gasteiger partial charge in [0.15, 0.2) is 21.7 Å². The van der Waals surface area contributed by atoms with Crippen molar-refractivity contribution in [2.24, 2.45) is 0 Å². The molecule has 0 bridgehead atoms. The fourth-order valence-electron chi connectivity index (χ4n) is 2.59. The number of thiocarbonyl (C=S) groups is 1.